The van der Waals surface area contributed by atoms with Gasteiger partial charge in [0.05, 0.1) is 0 Å². The number of urea groups is 1. The van der Waals surface area contributed by atoms with Crippen LogP contribution in [0.5, 0.6) is 0 Å². The topological polar surface area (TPSA) is 61.4 Å². The van der Waals surface area contributed by atoms with Gasteiger partial charge in [-0.15, -0.1) is 0 Å². The van der Waals surface area contributed by atoms with E-state index in [0.717, 1.165) is 0 Å². The number of hydrogen-bond donors (Lipinski definition) is 3. The number of carbonyl (C=O) groups excluding carboxylic acids is 1. The number of carbonyl (C=O) groups is 1. The van der Waals surface area contributed by atoms with E-state index in [1.165, 1.54) is 0 Å². The minimum Gasteiger partial charge on any atom is -0.371 e. The Kier molecular flexibility index (Phi) is 2.21. The van der Waals surface area contributed by atoms with Gasteiger partial charge in [-0.25, -0.2) is 4.79 Å². The molecule has 1 aliphatic heterocycles. The molecular weight excluding hydrogens is 268 g/mol. The second-order valence-electron chi connectivity index (χ2n) is 1.99. The molecule has 4 nitrogen and oxygen atoms in total. The Morgan fingerprint density at radius 3 is 2.70 bits per heavy atom. The summed E-state index contributed by atoms with van der Waals surface area (Å²) in [5.41, 5.74) is 0. The van der Waals surface area contributed by atoms with Gasteiger partial charge in [-0.3, -0.25) is 0 Å². The highest BCUT2D eigenvalue weighted by atomic mass is 79.9. The van der Waals surface area contributed by atoms with Crippen LogP contribution in [0.15, 0.2) is 0 Å². The van der Waals surface area contributed by atoms with E-state index in [-0.39, 0.29) is 6.03 Å². The largest absolute Gasteiger partial charge is 0.371 e. The smallest absolute Gasteiger partial charge is 0.316 e. The highest BCUT2D eigenvalue weighted by molar-refractivity contribution is 9.25. The Bertz CT molecular complexity index is 161. The molecule has 0 radical (unpaired) electrons. The summed E-state index contributed by atoms with van der Waals surface area (Å²) in [6.45, 7) is 0.347. The summed E-state index contributed by atoms with van der Waals surface area (Å²) in [4.78, 5) is 10.5. The zero-order valence-corrected chi connectivity index (χ0v) is 8.07. The van der Waals surface area contributed by atoms with E-state index >= 15 is 0 Å². The summed E-state index contributed by atoms with van der Waals surface area (Å²) in [7, 11) is 0. The fraction of sp³-hybridized carbons (Fsp3) is 0.750. The fourth-order valence-corrected chi connectivity index (χ4v) is 1.08. The lowest BCUT2D eigenvalue weighted by molar-refractivity contribution is 0.119. The molecule has 1 heterocycles. The number of aliphatic hydroxyl groups is 1. The monoisotopic (exact) mass is 272 g/mol. The molecule has 1 saturated heterocycles. The number of alkyl halides is 2. The van der Waals surface area contributed by atoms with Crippen LogP contribution < -0.4 is 10.6 Å². The highest BCUT2D eigenvalue weighted by Crippen LogP contribution is 2.29. The van der Waals surface area contributed by atoms with Crippen LogP contribution in [-0.4, -0.2) is 27.1 Å². The van der Waals surface area contributed by atoms with Crippen LogP contribution in [0, 0.1) is 0 Å². The average molecular weight is 274 g/mol. The van der Waals surface area contributed by atoms with Crippen LogP contribution in [-0.2, 0) is 0 Å². The molecule has 0 aromatic carbocycles. The molecule has 1 rings (SSSR count). The van der Waals surface area contributed by atoms with Crippen LogP contribution in [0.25, 0.3) is 0 Å². The molecule has 3 N–H and O–H groups in total. The molecule has 58 valence electrons. The van der Waals surface area contributed by atoms with Gasteiger partial charge in [0, 0.05) is 6.54 Å². The summed E-state index contributed by atoms with van der Waals surface area (Å²) in [6, 6.07) is -0.359. The van der Waals surface area contributed by atoms with E-state index in [1.54, 1.807) is 0 Å². The van der Waals surface area contributed by atoms with Crippen molar-refractivity contribution in [3.8, 4) is 0 Å². The van der Waals surface area contributed by atoms with E-state index in [2.05, 4.69) is 42.5 Å². The molecule has 10 heavy (non-hydrogen) atoms. The molecule has 6 heteroatoms. The lowest BCUT2D eigenvalue weighted by atomic mass is 10.3. The van der Waals surface area contributed by atoms with Gasteiger partial charge in [-0.1, -0.05) is 31.9 Å². The summed E-state index contributed by atoms with van der Waals surface area (Å²) in [5, 5.41) is 13.9. The maximum Gasteiger partial charge on any atom is 0.316 e. The Hall–Kier alpha value is 0.190. The maximum absolute atomic E-state index is 10.5. The van der Waals surface area contributed by atoms with E-state index in [1.807, 2.05) is 0 Å². The lowest BCUT2D eigenvalue weighted by Crippen LogP contribution is -2.60. The van der Waals surface area contributed by atoms with Crippen LogP contribution in [0.4, 0.5) is 4.79 Å². The van der Waals surface area contributed by atoms with Crippen molar-refractivity contribution in [2.24, 2.45) is 0 Å². The molecule has 1 atom stereocenters. The number of amides is 2. The third-order valence-corrected chi connectivity index (χ3v) is 2.58. The lowest BCUT2D eigenvalue weighted by Gasteiger charge is -2.32. The van der Waals surface area contributed by atoms with Crippen LogP contribution >= 0.6 is 31.9 Å². The van der Waals surface area contributed by atoms with E-state index < -0.39 is 9.46 Å². The van der Waals surface area contributed by atoms with Crippen molar-refractivity contribution < 1.29 is 9.90 Å². The summed E-state index contributed by atoms with van der Waals surface area (Å²) >= 11 is 6.35. The van der Waals surface area contributed by atoms with Gasteiger partial charge in [0.15, 0.2) is 6.23 Å². The van der Waals surface area contributed by atoms with Crippen molar-refractivity contribution in [1.29, 1.82) is 0 Å². The molecule has 1 unspecified atom stereocenters. The number of nitrogens with one attached hydrogen (secondary N) is 2. The SMILES string of the molecule is O=C1NCC(Br)(Br)C(O)N1. The normalized spacial score (nSPS) is 30.7. The van der Waals surface area contributed by atoms with Gasteiger partial charge in [0.1, 0.15) is 3.23 Å². The Labute approximate surface area is 74.6 Å². The van der Waals surface area contributed by atoms with Crippen LogP contribution in [0.1, 0.15) is 0 Å². The standard InChI is InChI=1S/C4H6Br2N2O2/c5-4(6)1-7-3(10)8-2(4)9/h2,9H,1H2,(H2,7,8,10). The van der Waals surface area contributed by atoms with Gasteiger partial charge in [0.2, 0.25) is 0 Å². The number of halogens is 2. The van der Waals surface area contributed by atoms with Crippen LogP contribution in [0.3, 0.4) is 0 Å². The first-order valence-corrected chi connectivity index (χ1v) is 4.21. The first-order chi connectivity index (χ1) is 4.52. The fourth-order valence-electron chi connectivity index (χ4n) is 0.576. The molecule has 1 fully saturated rings. The second-order valence-corrected chi connectivity index (χ2v) is 5.88. The third-order valence-electron chi connectivity index (χ3n) is 1.15. The molecule has 0 aliphatic carbocycles. The van der Waals surface area contributed by atoms with Crippen molar-refractivity contribution in [3.05, 3.63) is 0 Å². The average Bonchev–Trinajstić information content (AvgIpc) is 1.81. The molecule has 0 aromatic heterocycles. The van der Waals surface area contributed by atoms with Crippen molar-refractivity contribution in [2.45, 2.75) is 9.46 Å². The summed E-state index contributed by atoms with van der Waals surface area (Å²) in [5.74, 6) is 0. The van der Waals surface area contributed by atoms with Crippen molar-refractivity contribution in [3.63, 3.8) is 0 Å². The third kappa shape index (κ3) is 1.62. The van der Waals surface area contributed by atoms with Crippen LogP contribution in [0.2, 0.25) is 0 Å². The quantitative estimate of drug-likeness (QED) is 0.549. The van der Waals surface area contributed by atoms with Gasteiger partial charge in [-0.2, -0.15) is 0 Å². The Morgan fingerprint density at radius 1 is 1.70 bits per heavy atom. The zero-order chi connectivity index (χ0) is 7.78. The minimum atomic E-state index is -0.902. The summed E-state index contributed by atoms with van der Waals surface area (Å²) in [6.07, 6.45) is -0.902. The van der Waals surface area contributed by atoms with Gasteiger partial charge in [-0.05, 0) is 0 Å². The van der Waals surface area contributed by atoms with Gasteiger partial charge >= 0.3 is 6.03 Å². The minimum absolute atomic E-state index is 0.347. The molecule has 0 saturated carbocycles. The molecular formula is C4H6Br2N2O2. The second kappa shape index (κ2) is 2.67. The summed E-state index contributed by atoms with van der Waals surface area (Å²) < 4.78 is -0.645. The molecule has 0 bridgehead atoms. The molecule has 0 spiro atoms. The maximum atomic E-state index is 10.5. The van der Waals surface area contributed by atoms with Crippen molar-refractivity contribution >= 4 is 37.9 Å². The van der Waals surface area contributed by atoms with Crippen molar-refractivity contribution in [1.82, 2.24) is 10.6 Å². The van der Waals surface area contributed by atoms with E-state index in [4.69, 9.17) is 5.11 Å². The van der Waals surface area contributed by atoms with Crippen molar-refractivity contribution in [2.75, 3.05) is 6.54 Å². The zero-order valence-electron chi connectivity index (χ0n) is 4.90. The molecule has 2 amide bonds. The Balaban J connectivity index is 2.60. The Morgan fingerprint density at radius 2 is 2.30 bits per heavy atom. The number of hydrogen-bond acceptors (Lipinski definition) is 2. The number of rotatable bonds is 0. The van der Waals surface area contributed by atoms with E-state index in [9.17, 15) is 4.79 Å². The van der Waals surface area contributed by atoms with E-state index in [0.29, 0.717) is 6.54 Å². The highest BCUT2D eigenvalue weighted by Gasteiger charge is 2.37. The molecule has 1 aliphatic rings. The molecule has 0 aromatic rings. The number of aliphatic hydroxyl groups excluding tert-OH is 1. The van der Waals surface area contributed by atoms with Gasteiger partial charge in [0.25, 0.3) is 0 Å². The predicted octanol–water partition coefficient (Wildman–Crippen LogP) is 0.104. The first kappa shape index (κ1) is 8.29. The van der Waals surface area contributed by atoms with Gasteiger partial charge < -0.3 is 15.7 Å². The predicted molar refractivity (Wildman–Crippen MR) is 43.1 cm³/mol. The first-order valence-electron chi connectivity index (χ1n) is 2.62.